The van der Waals surface area contributed by atoms with Crippen molar-refractivity contribution in [1.82, 2.24) is 9.80 Å². The number of aliphatic hydroxyl groups is 1. The van der Waals surface area contributed by atoms with E-state index in [4.69, 9.17) is 0 Å². The predicted octanol–water partition coefficient (Wildman–Crippen LogP) is 1.09. The lowest BCUT2D eigenvalue weighted by atomic mass is 9.75. The highest BCUT2D eigenvalue weighted by molar-refractivity contribution is 5.79. The minimum absolute atomic E-state index is 0.0954. The van der Waals surface area contributed by atoms with Gasteiger partial charge in [-0.3, -0.25) is 4.79 Å². The van der Waals surface area contributed by atoms with E-state index in [9.17, 15) is 9.90 Å². The normalized spacial score (nSPS) is 33.1. The van der Waals surface area contributed by atoms with Gasteiger partial charge in [0.25, 0.3) is 0 Å². The van der Waals surface area contributed by atoms with Crippen LogP contribution >= 0.6 is 0 Å². The van der Waals surface area contributed by atoms with Crippen molar-refractivity contribution in [2.45, 2.75) is 44.1 Å². The summed E-state index contributed by atoms with van der Waals surface area (Å²) in [4.78, 5) is 16.5. The van der Waals surface area contributed by atoms with Gasteiger partial charge in [-0.2, -0.15) is 0 Å². The lowest BCUT2D eigenvalue weighted by molar-refractivity contribution is -0.136. The van der Waals surface area contributed by atoms with Crippen LogP contribution in [0.3, 0.4) is 0 Å². The molecule has 0 aromatic carbocycles. The fraction of sp³-hybridized carbons (Fsp3) is 0.929. The lowest BCUT2D eigenvalue weighted by Crippen LogP contribution is -2.51. The molecule has 2 rings (SSSR count). The first-order chi connectivity index (χ1) is 8.59. The number of hydrogen-bond acceptors (Lipinski definition) is 3. The number of carbonyl (C=O) groups is 1. The Morgan fingerprint density at radius 2 is 1.83 bits per heavy atom. The molecule has 1 aliphatic carbocycles. The third-order valence-corrected chi connectivity index (χ3v) is 4.93. The topological polar surface area (TPSA) is 43.8 Å². The average Bonchev–Trinajstić information content (AvgIpc) is 2.91. The Morgan fingerprint density at radius 1 is 1.28 bits per heavy atom. The first kappa shape index (κ1) is 13.8. The zero-order valence-electron chi connectivity index (χ0n) is 11.7. The van der Waals surface area contributed by atoms with Crippen molar-refractivity contribution in [3.63, 3.8) is 0 Å². The summed E-state index contributed by atoms with van der Waals surface area (Å²) in [5.41, 5.74) is -0.0954. The van der Waals surface area contributed by atoms with E-state index in [0.717, 1.165) is 51.6 Å². The van der Waals surface area contributed by atoms with Crippen LogP contribution in [0.4, 0.5) is 0 Å². The third kappa shape index (κ3) is 2.54. The van der Waals surface area contributed by atoms with E-state index in [2.05, 4.69) is 4.90 Å². The number of aliphatic hydroxyl groups excluding tert-OH is 1. The lowest BCUT2D eigenvalue weighted by Gasteiger charge is -2.44. The minimum Gasteiger partial charge on any atom is -0.394 e. The molecule has 4 nitrogen and oxygen atoms in total. The molecule has 0 unspecified atom stereocenters. The quantitative estimate of drug-likeness (QED) is 0.820. The summed E-state index contributed by atoms with van der Waals surface area (Å²) in [6.07, 6.45) is 6.04. The van der Waals surface area contributed by atoms with Crippen molar-refractivity contribution >= 4 is 5.91 Å². The number of rotatable bonds is 3. The third-order valence-electron chi connectivity index (χ3n) is 4.93. The van der Waals surface area contributed by atoms with Gasteiger partial charge in [0.05, 0.1) is 6.61 Å². The first-order valence-corrected chi connectivity index (χ1v) is 7.16. The molecule has 1 aliphatic heterocycles. The minimum atomic E-state index is -0.0954. The molecule has 18 heavy (non-hydrogen) atoms. The summed E-state index contributed by atoms with van der Waals surface area (Å²) in [7, 11) is 4.05. The Kier molecular flexibility index (Phi) is 4.28. The van der Waals surface area contributed by atoms with Crippen molar-refractivity contribution in [3.05, 3.63) is 0 Å². The van der Waals surface area contributed by atoms with Crippen molar-refractivity contribution in [1.29, 1.82) is 0 Å². The van der Waals surface area contributed by atoms with Crippen LogP contribution in [-0.2, 0) is 4.79 Å². The standard InChI is InChI=1S/C14H26N2O2/c1-15(2)14(11-17)7-5-12(6-8-14)13(18)16-9-3-4-10-16/h12,17H,3-11H2,1-2H3. The Morgan fingerprint density at radius 3 is 2.28 bits per heavy atom. The molecular formula is C14H26N2O2. The van der Waals surface area contributed by atoms with Crippen LogP contribution in [0.2, 0.25) is 0 Å². The summed E-state index contributed by atoms with van der Waals surface area (Å²) in [6, 6.07) is 0. The molecule has 4 heteroatoms. The molecule has 104 valence electrons. The van der Waals surface area contributed by atoms with Gasteiger partial charge in [-0.25, -0.2) is 0 Å². The van der Waals surface area contributed by atoms with Gasteiger partial charge < -0.3 is 14.9 Å². The zero-order valence-corrected chi connectivity index (χ0v) is 11.7. The van der Waals surface area contributed by atoms with E-state index in [1.807, 2.05) is 19.0 Å². The Hall–Kier alpha value is -0.610. The molecule has 0 atom stereocenters. The van der Waals surface area contributed by atoms with Gasteiger partial charge >= 0.3 is 0 Å². The molecule has 0 aromatic rings. The maximum atomic E-state index is 12.3. The molecule has 1 heterocycles. The number of likely N-dealkylation sites (tertiary alicyclic amines) is 1. The maximum Gasteiger partial charge on any atom is 0.225 e. The molecule has 1 saturated carbocycles. The fourth-order valence-corrected chi connectivity index (χ4v) is 3.34. The van der Waals surface area contributed by atoms with Gasteiger partial charge in [-0.1, -0.05) is 0 Å². The van der Waals surface area contributed by atoms with E-state index in [0.29, 0.717) is 5.91 Å². The number of amides is 1. The van der Waals surface area contributed by atoms with Gasteiger partial charge in [-0.05, 0) is 52.6 Å². The second-order valence-electron chi connectivity index (χ2n) is 6.08. The van der Waals surface area contributed by atoms with Gasteiger partial charge in [0.15, 0.2) is 0 Å². The second kappa shape index (κ2) is 5.57. The van der Waals surface area contributed by atoms with Crippen molar-refractivity contribution in [3.8, 4) is 0 Å². The second-order valence-corrected chi connectivity index (χ2v) is 6.08. The molecule has 1 saturated heterocycles. The van der Waals surface area contributed by atoms with Crippen LogP contribution in [0.1, 0.15) is 38.5 Å². The number of hydrogen-bond donors (Lipinski definition) is 1. The number of carbonyl (C=O) groups excluding carboxylic acids is 1. The molecule has 1 amide bonds. The first-order valence-electron chi connectivity index (χ1n) is 7.16. The van der Waals surface area contributed by atoms with Gasteiger partial charge in [-0.15, -0.1) is 0 Å². The molecule has 0 bridgehead atoms. The molecule has 0 aromatic heterocycles. The van der Waals surface area contributed by atoms with Crippen molar-refractivity contribution in [2.75, 3.05) is 33.8 Å². The van der Waals surface area contributed by atoms with Gasteiger partial charge in [0.1, 0.15) is 0 Å². The zero-order chi connectivity index (χ0) is 13.2. The smallest absolute Gasteiger partial charge is 0.225 e. The highest BCUT2D eigenvalue weighted by Crippen LogP contribution is 2.36. The Labute approximate surface area is 110 Å². The largest absolute Gasteiger partial charge is 0.394 e. The summed E-state index contributed by atoms with van der Waals surface area (Å²) >= 11 is 0. The van der Waals surface area contributed by atoms with Crippen LogP contribution in [0.25, 0.3) is 0 Å². The average molecular weight is 254 g/mol. The van der Waals surface area contributed by atoms with Crippen molar-refractivity contribution < 1.29 is 9.90 Å². The molecule has 0 spiro atoms. The predicted molar refractivity (Wildman–Crippen MR) is 71.3 cm³/mol. The van der Waals surface area contributed by atoms with Crippen molar-refractivity contribution in [2.24, 2.45) is 5.92 Å². The van der Waals surface area contributed by atoms with Crippen LogP contribution in [-0.4, -0.2) is 60.1 Å². The summed E-state index contributed by atoms with van der Waals surface area (Å²) in [5, 5.41) is 9.61. The van der Waals surface area contributed by atoms with Gasteiger partial charge in [0.2, 0.25) is 5.91 Å². The summed E-state index contributed by atoms with van der Waals surface area (Å²) in [5.74, 6) is 0.556. The summed E-state index contributed by atoms with van der Waals surface area (Å²) < 4.78 is 0. The Bertz CT molecular complexity index is 290. The highest BCUT2D eigenvalue weighted by atomic mass is 16.3. The molecule has 2 fully saturated rings. The van der Waals surface area contributed by atoms with E-state index >= 15 is 0 Å². The highest BCUT2D eigenvalue weighted by Gasteiger charge is 2.39. The van der Waals surface area contributed by atoms with E-state index in [-0.39, 0.29) is 18.1 Å². The summed E-state index contributed by atoms with van der Waals surface area (Å²) in [6.45, 7) is 2.10. The maximum absolute atomic E-state index is 12.3. The van der Waals surface area contributed by atoms with Crippen LogP contribution < -0.4 is 0 Å². The number of likely N-dealkylation sites (N-methyl/N-ethyl adjacent to an activating group) is 1. The van der Waals surface area contributed by atoms with E-state index in [1.54, 1.807) is 0 Å². The van der Waals surface area contributed by atoms with Crippen LogP contribution in [0, 0.1) is 5.92 Å². The molecule has 1 N–H and O–H groups in total. The monoisotopic (exact) mass is 254 g/mol. The fourth-order valence-electron chi connectivity index (χ4n) is 3.34. The number of nitrogens with zero attached hydrogens (tertiary/aromatic N) is 2. The molecule has 2 aliphatic rings. The van der Waals surface area contributed by atoms with Gasteiger partial charge in [0, 0.05) is 24.5 Å². The molecule has 0 radical (unpaired) electrons. The molecular weight excluding hydrogens is 228 g/mol. The Balaban J connectivity index is 1.91. The van der Waals surface area contributed by atoms with Crippen LogP contribution in [0.5, 0.6) is 0 Å². The van der Waals surface area contributed by atoms with E-state index in [1.165, 1.54) is 0 Å². The van der Waals surface area contributed by atoms with Crippen LogP contribution in [0.15, 0.2) is 0 Å². The van der Waals surface area contributed by atoms with E-state index < -0.39 is 0 Å². The SMILES string of the molecule is CN(C)C1(CO)CCC(C(=O)N2CCCC2)CC1.